The van der Waals surface area contributed by atoms with Crippen LogP contribution in [-0.2, 0) is 4.74 Å². The van der Waals surface area contributed by atoms with E-state index < -0.39 is 28.7 Å². The second-order valence-corrected chi connectivity index (χ2v) is 10.2. The molecule has 1 atom stereocenters. The maximum absolute atomic E-state index is 15.6. The van der Waals surface area contributed by atoms with Crippen LogP contribution in [0.1, 0.15) is 10.4 Å². The number of anilines is 2. The fourth-order valence-corrected chi connectivity index (χ4v) is 6.01. The molecule has 5 aromatic rings. The summed E-state index contributed by atoms with van der Waals surface area (Å²) in [5, 5.41) is 12.9. The number of halogens is 2. The maximum atomic E-state index is 15.6. The molecule has 4 aromatic heterocycles. The molecule has 11 nitrogen and oxygen atoms in total. The highest BCUT2D eigenvalue weighted by molar-refractivity contribution is 6.18. The van der Waals surface area contributed by atoms with E-state index in [9.17, 15) is 19.1 Å². The second kappa shape index (κ2) is 9.49. The number of aromatic nitrogens is 4. The van der Waals surface area contributed by atoms with Gasteiger partial charge in [-0.15, -0.1) is 0 Å². The van der Waals surface area contributed by atoms with Crippen molar-refractivity contribution in [3.05, 3.63) is 64.3 Å². The highest BCUT2D eigenvalue weighted by Crippen LogP contribution is 2.43. The van der Waals surface area contributed by atoms with Crippen molar-refractivity contribution in [2.75, 3.05) is 56.7 Å². The molecule has 2 saturated heterocycles. The molecule has 0 radical (unpaired) electrons. The number of rotatable bonds is 4. The first-order valence-electron chi connectivity index (χ1n) is 13.2. The number of carboxylic acid groups (broad SMARTS) is 1. The normalized spacial score (nSPS) is 17.8. The Labute approximate surface area is 231 Å². The SMILES string of the molecule is CNc1cc(F)c(F)c2c1[nH]c1ncc(-c3ccc4ncc(C(=O)O)c(=O)n4c3)c(N3CCN4CCOCC4C3)c12. The van der Waals surface area contributed by atoms with Crippen molar-refractivity contribution >= 4 is 44.9 Å². The van der Waals surface area contributed by atoms with Gasteiger partial charge in [0.2, 0.25) is 0 Å². The van der Waals surface area contributed by atoms with Crippen molar-refractivity contribution in [2.45, 2.75) is 6.04 Å². The molecule has 13 heteroatoms. The third kappa shape index (κ3) is 3.91. The van der Waals surface area contributed by atoms with Gasteiger partial charge in [-0.2, -0.15) is 0 Å². The van der Waals surface area contributed by atoms with Crippen LogP contribution in [0.4, 0.5) is 20.2 Å². The number of aromatic carboxylic acids is 1. The topological polar surface area (TPSA) is 128 Å². The molecule has 0 spiro atoms. The molecule has 2 aliphatic rings. The molecule has 3 N–H and O–H groups in total. The van der Waals surface area contributed by atoms with E-state index in [0.29, 0.717) is 65.4 Å². The molecule has 0 saturated carbocycles. The highest BCUT2D eigenvalue weighted by Gasteiger charge is 2.33. The zero-order valence-corrected chi connectivity index (χ0v) is 21.9. The quantitative estimate of drug-likeness (QED) is 0.303. The molecule has 0 bridgehead atoms. The van der Waals surface area contributed by atoms with Gasteiger partial charge in [-0.1, -0.05) is 0 Å². The first-order chi connectivity index (χ1) is 19.9. The van der Waals surface area contributed by atoms with E-state index in [0.717, 1.165) is 25.4 Å². The van der Waals surface area contributed by atoms with Gasteiger partial charge < -0.3 is 25.0 Å². The van der Waals surface area contributed by atoms with Crippen molar-refractivity contribution in [3.8, 4) is 11.1 Å². The second-order valence-electron chi connectivity index (χ2n) is 10.2. The average molecular weight is 562 g/mol. The van der Waals surface area contributed by atoms with E-state index in [4.69, 9.17) is 4.74 Å². The Morgan fingerprint density at radius 3 is 2.83 bits per heavy atom. The summed E-state index contributed by atoms with van der Waals surface area (Å²) in [5.41, 5.74) is 1.98. The number of aromatic amines is 1. The van der Waals surface area contributed by atoms with Gasteiger partial charge in [0.15, 0.2) is 11.6 Å². The Kier molecular flexibility index (Phi) is 5.87. The van der Waals surface area contributed by atoms with Crippen molar-refractivity contribution in [3.63, 3.8) is 0 Å². The summed E-state index contributed by atoms with van der Waals surface area (Å²) >= 11 is 0. The number of H-pyrrole nitrogens is 1. The van der Waals surface area contributed by atoms with Crippen LogP contribution in [-0.4, -0.2) is 87.8 Å². The van der Waals surface area contributed by atoms with Gasteiger partial charge in [0, 0.05) is 69.0 Å². The number of morpholine rings is 1. The number of benzene rings is 1. The molecule has 0 aliphatic carbocycles. The van der Waals surface area contributed by atoms with Crippen LogP contribution in [0.2, 0.25) is 0 Å². The van der Waals surface area contributed by atoms with Crippen LogP contribution in [0.15, 0.2) is 41.6 Å². The number of piperazine rings is 1. The minimum absolute atomic E-state index is 0.0730. The maximum Gasteiger partial charge on any atom is 0.342 e. The van der Waals surface area contributed by atoms with E-state index >= 15 is 4.39 Å². The minimum Gasteiger partial charge on any atom is -0.477 e. The number of nitrogens with zero attached hydrogens (tertiary/aromatic N) is 5. The van der Waals surface area contributed by atoms with Gasteiger partial charge in [0.25, 0.3) is 5.56 Å². The summed E-state index contributed by atoms with van der Waals surface area (Å²) in [6, 6.07) is 4.57. The Morgan fingerprint density at radius 2 is 2.02 bits per heavy atom. The van der Waals surface area contributed by atoms with Crippen molar-refractivity contribution in [2.24, 2.45) is 0 Å². The lowest BCUT2D eigenvalue weighted by Gasteiger charge is -2.45. The summed E-state index contributed by atoms with van der Waals surface area (Å²) < 4.78 is 37.4. The van der Waals surface area contributed by atoms with Crippen LogP contribution < -0.4 is 15.8 Å². The lowest BCUT2D eigenvalue weighted by atomic mass is 10.0. The molecular weight excluding hydrogens is 536 g/mol. The van der Waals surface area contributed by atoms with E-state index in [1.165, 1.54) is 10.6 Å². The van der Waals surface area contributed by atoms with Gasteiger partial charge in [-0.05, 0) is 12.1 Å². The molecule has 6 heterocycles. The monoisotopic (exact) mass is 561 g/mol. The van der Waals surface area contributed by atoms with Crippen molar-refractivity contribution in [1.29, 1.82) is 0 Å². The highest BCUT2D eigenvalue weighted by atomic mass is 19.2. The van der Waals surface area contributed by atoms with Gasteiger partial charge in [0.05, 0.1) is 46.9 Å². The molecule has 2 fully saturated rings. The number of hydrogen-bond acceptors (Lipinski definition) is 8. The molecule has 41 heavy (non-hydrogen) atoms. The third-order valence-corrected chi connectivity index (χ3v) is 8.03. The van der Waals surface area contributed by atoms with Gasteiger partial charge in [0.1, 0.15) is 16.9 Å². The Bertz CT molecular complexity index is 1940. The number of hydrogen-bond donors (Lipinski definition) is 3. The van der Waals surface area contributed by atoms with Crippen LogP contribution in [0, 0.1) is 11.6 Å². The summed E-state index contributed by atoms with van der Waals surface area (Å²) in [5.74, 6) is -3.36. The van der Waals surface area contributed by atoms with Crippen LogP contribution in [0.5, 0.6) is 0 Å². The Balaban J connectivity index is 1.52. The largest absolute Gasteiger partial charge is 0.477 e. The van der Waals surface area contributed by atoms with Crippen molar-refractivity contribution in [1.82, 2.24) is 24.3 Å². The predicted octanol–water partition coefficient (Wildman–Crippen LogP) is 2.93. The molecule has 7 rings (SSSR count). The number of carbonyl (C=O) groups is 1. The van der Waals surface area contributed by atoms with Crippen LogP contribution in [0.25, 0.3) is 38.7 Å². The van der Waals surface area contributed by atoms with E-state index in [1.807, 2.05) is 0 Å². The molecule has 2 aliphatic heterocycles. The number of pyridine rings is 2. The smallest absolute Gasteiger partial charge is 0.342 e. The average Bonchev–Trinajstić information content (AvgIpc) is 3.38. The zero-order valence-electron chi connectivity index (χ0n) is 21.9. The number of carboxylic acids is 1. The first kappa shape index (κ1) is 25.4. The number of fused-ring (bicyclic) bond motifs is 5. The molecule has 0 amide bonds. The van der Waals surface area contributed by atoms with Gasteiger partial charge in [-0.25, -0.2) is 23.5 Å². The Hall–Kier alpha value is -4.62. The number of ether oxygens (including phenoxy) is 1. The summed E-state index contributed by atoms with van der Waals surface area (Å²) in [7, 11) is 1.63. The fourth-order valence-electron chi connectivity index (χ4n) is 6.01. The van der Waals surface area contributed by atoms with Crippen LogP contribution in [0.3, 0.4) is 0 Å². The van der Waals surface area contributed by atoms with Crippen LogP contribution >= 0.6 is 0 Å². The summed E-state index contributed by atoms with van der Waals surface area (Å²) in [4.78, 5) is 40.9. The van der Waals surface area contributed by atoms with E-state index in [-0.39, 0.29) is 17.1 Å². The molecule has 210 valence electrons. The predicted molar refractivity (Wildman–Crippen MR) is 149 cm³/mol. The minimum atomic E-state index is -1.38. The molecule has 1 unspecified atom stereocenters. The standard InChI is InChI=1S/C28H25F2N7O4/c1-31-19-8-18(29)23(30)21-22-25(36-5-4-35-6-7-41-13-15(35)12-36)16(9-33-26(22)34-24(19)21)14-2-3-20-32-10-17(28(39)40)27(38)37(20)11-14/h2-3,8-11,15,31H,4-7,12-13H2,1H3,(H,33,34)(H,39,40). The fraction of sp³-hybridized carbons (Fsp3) is 0.286. The summed E-state index contributed by atoms with van der Waals surface area (Å²) in [6.45, 7) is 3.98. The molecular formula is C28H25F2N7O4. The summed E-state index contributed by atoms with van der Waals surface area (Å²) in [6.07, 6.45) is 4.17. The van der Waals surface area contributed by atoms with E-state index in [2.05, 4.69) is 30.1 Å². The van der Waals surface area contributed by atoms with Crippen molar-refractivity contribution < 1.29 is 23.4 Å². The lowest BCUT2D eigenvalue weighted by molar-refractivity contribution is -0.0116. The molecule has 1 aromatic carbocycles. The van der Waals surface area contributed by atoms with Gasteiger partial charge >= 0.3 is 5.97 Å². The number of nitrogens with one attached hydrogen (secondary N) is 2. The zero-order chi connectivity index (χ0) is 28.4. The first-order valence-corrected chi connectivity index (χ1v) is 13.2. The van der Waals surface area contributed by atoms with E-state index in [1.54, 1.807) is 25.4 Å². The lowest BCUT2D eigenvalue weighted by Crippen LogP contribution is -2.58. The third-order valence-electron chi connectivity index (χ3n) is 8.03. The Morgan fingerprint density at radius 1 is 1.17 bits per heavy atom. The van der Waals surface area contributed by atoms with Gasteiger partial charge in [-0.3, -0.25) is 14.1 Å².